The lowest BCUT2D eigenvalue weighted by Gasteiger charge is -2.28. The van der Waals surface area contributed by atoms with Crippen molar-refractivity contribution in [3.8, 4) is 5.75 Å². The Morgan fingerprint density at radius 2 is 1.95 bits per heavy atom. The lowest BCUT2D eigenvalue weighted by molar-refractivity contribution is 0.156. The van der Waals surface area contributed by atoms with Crippen molar-refractivity contribution in [2.75, 3.05) is 6.26 Å². The second kappa shape index (κ2) is 6.79. The molecule has 2 N–H and O–H groups in total. The van der Waals surface area contributed by atoms with Crippen molar-refractivity contribution in [2.45, 2.75) is 56.4 Å². The standard InChI is InChI=1S/C16H25NO3S/c1-3-16(17)12-7-9-13(10-8-12)20-14-5-4-6-15(11-14)21(2,18)19/h7-10,14-16H,3-6,11,17H2,1-2H3/t14?,15?,16-/m1/s1. The van der Waals surface area contributed by atoms with Crippen LogP contribution in [0.4, 0.5) is 0 Å². The Morgan fingerprint density at radius 3 is 2.52 bits per heavy atom. The molecule has 5 heteroatoms. The maximum absolute atomic E-state index is 11.7. The summed E-state index contributed by atoms with van der Waals surface area (Å²) in [5, 5.41) is -0.260. The molecule has 1 aromatic carbocycles. The third-order valence-corrected chi connectivity index (χ3v) is 5.87. The number of rotatable bonds is 5. The van der Waals surface area contributed by atoms with Crippen molar-refractivity contribution in [1.29, 1.82) is 0 Å². The van der Waals surface area contributed by atoms with Crippen molar-refractivity contribution in [3.05, 3.63) is 29.8 Å². The first-order valence-corrected chi connectivity index (χ1v) is 9.56. The van der Waals surface area contributed by atoms with E-state index in [0.29, 0.717) is 6.42 Å². The second-order valence-electron chi connectivity index (χ2n) is 5.94. The molecule has 1 aromatic rings. The first-order valence-electron chi connectivity index (χ1n) is 7.61. The Kier molecular flexibility index (Phi) is 5.27. The van der Waals surface area contributed by atoms with E-state index in [0.717, 1.165) is 37.0 Å². The minimum atomic E-state index is -2.97. The molecule has 0 amide bonds. The second-order valence-corrected chi connectivity index (χ2v) is 8.27. The minimum Gasteiger partial charge on any atom is -0.490 e. The van der Waals surface area contributed by atoms with Crippen LogP contribution in [0.25, 0.3) is 0 Å². The van der Waals surface area contributed by atoms with Gasteiger partial charge in [-0.3, -0.25) is 0 Å². The van der Waals surface area contributed by atoms with Gasteiger partial charge in [0.25, 0.3) is 0 Å². The van der Waals surface area contributed by atoms with Gasteiger partial charge in [-0.15, -0.1) is 0 Å². The molecule has 2 unspecified atom stereocenters. The summed E-state index contributed by atoms with van der Waals surface area (Å²) in [4.78, 5) is 0. The van der Waals surface area contributed by atoms with Crippen molar-refractivity contribution in [3.63, 3.8) is 0 Å². The molecule has 0 aromatic heterocycles. The zero-order chi connectivity index (χ0) is 15.5. The molecule has 1 fully saturated rings. The predicted molar refractivity (Wildman–Crippen MR) is 85.2 cm³/mol. The molecule has 118 valence electrons. The van der Waals surface area contributed by atoms with Crippen LogP contribution in [0, 0.1) is 0 Å². The molecular formula is C16H25NO3S. The number of hydrogen-bond donors (Lipinski definition) is 1. The summed E-state index contributed by atoms with van der Waals surface area (Å²) in [6.45, 7) is 2.06. The van der Waals surface area contributed by atoms with Gasteiger partial charge in [-0.1, -0.05) is 19.1 Å². The van der Waals surface area contributed by atoms with Crippen LogP contribution >= 0.6 is 0 Å². The van der Waals surface area contributed by atoms with Gasteiger partial charge in [0.2, 0.25) is 0 Å². The molecule has 1 aliphatic carbocycles. The molecule has 4 nitrogen and oxygen atoms in total. The Bertz CT molecular complexity index is 553. The monoisotopic (exact) mass is 311 g/mol. The van der Waals surface area contributed by atoms with E-state index in [2.05, 4.69) is 6.92 Å². The molecule has 0 radical (unpaired) electrons. The number of ether oxygens (including phenoxy) is 1. The highest BCUT2D eigenvalue weighted by Crippen LogP contribution is 2.28. The molecule has 0 saturated heterocycles. The van der Waals surface area contributed by atoms with Gasteiger partial charge in [-0.05, 0) is 43.4 Å². The van der Waals surface area contributed by atoms with Crippen LogP contribution in [-0.2, 0) is 9.84 Å². The van der Waals surface area contributed by atoms with Crippen LogP contribution in [-0.4, -0.2) is 26.0 Å². The maximum atomic E-state index is 11.7. The van der Waals surface area contributed by atoms with Crippen LogP contribution in [0.2, 0.25) is 0 Å². The van der Waals surface area contributed by atoms with E-state index in [-0.39, 0.29) is 17.4 Å². The van der Waals surface area contributed by atoms with Crippen LogP contribution in [0.1, 0.15) is 50.6 Å². The van der Waals surface area contributed by atoms with E-state index < -0.39 is 9.84 Å². The van der Waals surface area contributed by atoms with Crippen molar-refractivity contribution in [1.82, 2.24) is 0 Å². The van der Waals surface area contributed by atoms with Crippen molar-refractivity contribution >= 4 is 9.84 Å². The quantitative estimate of drug-likeness (QED) is 0.908. The fraction of sp³-hybridized carbons (Fsp3) is 0.625. The fourth-order valence-electron chi connectivity index (χ4n) is 2.82. The van der Waals surface area contributed by atoms with Gasteiger partial charge < -0.3 is 10.5 Å². The third kappa shape index (κ3) is 4.45. The highest BCUT2D eigenvalue weighted by Gasteiger charge is 2.29. The first kappa shape index (κ1) is 16.3. The van der Waals surface area contributed by atoms with E-state index in [4.69, 9.17) is 10.5 Å². The summed E-state index contributed by atoms with van der Waals surface area (Å²) < 4.78 is 29.3. The SMILES string of the molecule is CC[C@@H](N)c1ccc(OC2CCCC(S(C)(=O)=O)C2)cc1. The number of hydrogen-bond acceptors (Lipinski definition) is 4. The Morgan fingerprint density at radius 1 is 1.29 bits per heavy atom. The molecule has 0 spiro atoms. The van der Waals surface area contributed by atoms with Gasteiger partial charge in [0.05, 0.1) is 11.4 Å². The van der Waals surface area contributed by atoms with Gasteiger partial charge in [0.1, 0.15) is 15.6 Å². The molecule has 1 aliphatic rings. The number of nitrogens with two attached hydrogens (primary N) is 1. The summed E-state index contributed by atoms with van der Waals surface area (Å²) >= 11 is 0. The highest BCUT2D eigenvalue weighted by molar-refractivity contribution is 7.91. The van der Waals surface area contributed by atoms with Crippen molar-refractivity contribution < 1.29 is 13.2 Å². The van der Waals surface area contributed by atoms with E-state index in [1.807, 2.05) is 24.3 Å². The zero-order valence-electron chi connectivity index (χ0n) is 12.8. The summed E-state index contributed by atoms with van der Waals surface area (Å²) in [6.07, 6.45) is 5.38. The number of sulfone groups is 1. The average molecular weight is 311 g/mol. The Balaban J connectivity index is 1.98. The normalized spacial score (nSPS) is 24.5. The summed E-state index contributed by atoms with van der Waals surface area (Å²) in [5.41, 5.74) is 7.09. The summed E-state index contributed by atoms with van der Waals surface area (Å²) in [5.74, 6) is 0.793. The summed E-state index contributed by atoms with van der Waals surface area (Å²) in [6, 6.07) is 7.88. The average Bonchev–Trinajstić information content (AvgIpc) is 2.47. The van der Waals surface area contributed by atoms with Crippen LogP contribution < -0.4 is 10.5 Å². The van der Waals surface area contributed by atoms with E-state index in [9.17, 15) is 8.42 Å². The minimum absolute atomic E-state index is 0.0100. The first-order chi connectivity index (χ1) is 9.90. The smallest absolute Gasteiger partial charge is 0.150 e. The third-order valence-electron chi connectivity index (χ3n) is 4.23. The van der Waals surface area contributed by atoms with Gasteiger partial charge >= 0.3 is 0 Å². The molecule has 0 bridgehead atoms. The Hall–Kier alpha value is -1.07. The summed E-state index contributed by atoms with van der Waals surface area (Å²) in [7, 11) is -2.97. The molecule has 2 rings (SSSR count). The number of benzene rings is 1. The zero-order valence-corrected chi connectivity index (χ0v) is 13.6. The van der Waals surface area contributed by atoms with Crippen LogP contribution in [0.3, 0.4) is 0 Å². The fourth-order valence-corrected chi connectivity index (χ4v) is 3.98. The van der Waals surface area contributed by atoms with E-state index >= 15 is 0 Å². The van der Waals surface area contributed by atoms with Gasteiger partial charge in [-0.25, -0.2) is 8.42 Å². The van der Waals surface area contributed by atoms with Crippen LogP contribution in [0.5, 0.6) is 5.75 Å². The molecule has 21 heavy (non-hydrogen) atoms. The van der Waals surface area contributed by atoms with Gasteiger partial charge in [0, 0.05) is 18.7 Å². The molecule has 1 saturated carbocycles. The Labute approximate surface area is 127 Å². The van der Waals surface area contributed by atoms with E-state index in [1.54, 1.807) is 0 Å². The van der Waals surface area contributed by atoms with E-state index in [1.165, 1.54) is 6.26 Å². The largest absolute Gasteiger partial charge is 0.490 e. The lowest BCUT2D eigenvalue weighted by atomic mass is 9.97. The lowest BCUT2D eigenvalue weighted by Crippen LogP contribution is -2.33. The topological polar surface area (TPSA) is 69.4 Å². The highest BCUT2D eigenvalue weighted by atomic mass is 32.2. The molecule has 0 aliphatic heterocycles. The maximum Gasteiger partial charge on any atom is 0.150 e. The molecular weight excluding hydrogens is 286 g/mol. The van der Waals surface area contributed by atoms with Crippen LogP contribution in [0.15, 0.2) is 24.3 Å². The predicted octanol–water partition coefficient (Wildman–Crippen LogP) is 2.83. The molecule has 3 atom stereocenters. The molecule has 0 heterocycles. The van der Waals surface area contributed by atoms with Gasteiger partial charge in [0.15, 0.2) is 0 Å². The van der Waals surface area contributed by atoms with Crippen molar-refractivity contribution in [2.24, 2.45) is 5.73 Å². The van der Waals surface area contributed by atoms with Gasteiger partial charge in [-0.2, -0.15) is 0 Å².